The van der Waals surface area contributed by atoms with Crippen molar-refractivity contribution in [3.63, 3.8) is 0 Å². The van der Waals surface area contributed by atoms with Gasteiger partial charge in [0, 0.05) is 24.7 Å². The topological polar surface area (TPSA) is 38.0 Å². The van der Waals surface area contributed by atoms with Gasteiger partial charge in [0.15, 0.2) is 0 Å². The minimum atomic E-state index is -0.557. The molecule has 0 bridgehead atoms. The Morgan fingerprint density at radius 2 is 2.00 bits per heavy atom. The van der Waals surface area contributed by atoms with Crippen molar-refractivity contribution in [2.24, 2.45) is 5.73 Å². The summed E-state index contributed by atoms with van der Waals surface area (Å²) in [5.74, 6) is -1.07. The number of rotatable bonds is 4. The molecule has 2 nitrogen and oxygen atoms in total. The van der Waals surface area contributed by atoms with E-state index in [1.54, 1.807) is 0 Å². The first-order valence-electron chi connectivity index (χ1n) is 4.83. The minimum Gasteiger partial charge on any atom is -0.318 e. The standard InChI is InChI=1S/C11H16F2N2/c1-11(2,6-15-7-14)9-4-3-8(12)5-10(9)13/h3-5,15H,6-7,14H2,1-2H3. The normalized spacial score (nSPS) is 11.8. The Morgan fingerprint density at radius 1 is 1.33 bits per heavy atom. The van der Waals surface area contributed by atoms with E-state index in [0.717, 1.165) is 6.07 Å². The van der Waals surface area contributed by atoms with Crippen LogP contribution in [0, 0.1) is 11.6 Å². The maximum Gasteiger partial charge on any atom is 0.129 e. The van der Waals surface area contributed by atoms with Gasteiger partial charge in [0.05, 0.1) is 0 Å². The molecule has 0 amide bonds. The van der Waals surface area contributed by atoms with Crippen molar-refractivity contribution in [3.05, 3.63) is 35.4 Å². The highest BCUT2D eigenvalue weighted by molar-refractivity contribution is 5.26. The summed E-state index contributed by atoms with van der Waals surface area (Å²) >= 11 is 0. The Balaban J connectivity index is 2.93. The molecule has 0 atom stereocenters. The van der Waals surface area contributed by atoms with Crippen LogP contribution < -0.4 is 11.1 Å². The summed E-state index contributed by atoms with van der Waals surface area (Å²) in [6.07, 6.45) is 0. The molecule has 15 heavy (non-hydrogen) atoms. The molecule has 0 aliphatic rings. The third-order valence-corrected chi connectivity index (χ3v) is 2.37. The lowest BCUT2D eigenvalue weighted by atomic mass is 9.84. The summed E-state index contributed by atoms with van der Waals surface area (Å²) in [6.45, 7) is 4.65. The summed E-state index contributed by atoms with van der Waals surface area (Å²) in [5.41, 5.74) is 5.40. The fourth-order valence-electron chi connectivity index (χ4n) is 1.52. The summed E-state index contributed by atoms with van der Waals surface area (Å²) < 4.78 is 26.2. The van der Waals surface area contributed by atoms with E-state index in [0.29, 0.717) is 18.8 Å². The molecule has 0 saturated heterocycles. The van der Waals surface area contributed by atoms with Crippen molar-refractivity contribution in [2.75, 3.05) is 13.2 Å². The highest BCUT2D eigenvalue weighted by atomic mass is 19.1. The zero-order valence-electron chi connectivity index (χ0n) is 8.98. The fourth-order valence-corrected chi connectivity index (χ4v) is 1.52. The van der Waals surface area contributed by atoms with Crippen LogP contribution >= 0.6 is 0 Å². The van der Waals surface area contributed by atoms with Gasteiger partial charge in [0.25, 0.3) is 0 Å². The fraction of sp³-hybridized carbons (Fsp3) is 0.455. The largest absolute Gasteiger partial charge is 0.318 e. The molecule has 1 aromatic rings. The van der Waals surface area contributed by atoms with Gasteiger partial charge in [0.2, 0.25) is 0 Å². The second-order valence-corrected chi connectivity index (χ2v) is 4.14. The van der Waals surface area contributed by atoms with E-state index in [-0.39, 0.29) is 0 Å². The molecular weight excluding hydrogens is 198 g/mol. The van der Waals surface area contributed by atoms with Gasteiger partial charge in [-0.05, 0) is 11.6 Å². The summed E-state index contributed by atoms with van der Waals surface area (Å²) in [5, 5.41) is 2.95. The maximum atomic E-state index is 13.5. The number of benzene rings is 1. The van der Waals surface area contributed by atoms with Gasteiger partial charge < -0.3 is 11.1 Å². The number of halogens is 2. The van der Waals surface area contributed by atoms with Crippen molar-refractivity contribution in [2.45, 2.75) is 19.3 Å². The lowest BCUT2D eigenvalue weighted by Gasteiger charge is -2.25. The molecule has 1 rings (SSSR count). The van der Waals surface area contributed by atoms with Crippen LogP contribution in [0.4, 0.5) is 8.78 Å². The van der Waals surface area contributed by atoms with Gasteiger partial charge in [-0.1, -0.05) is 19.9 Å². The van der Waals surface area contributed by atoms with Gasteiger partial charge in [0.1, 0.15) is 11.6 Å². The third kappa shape index (κ3) is 2.97. The van der Waals surface area contributed by atoms with E-state index in [2.05, 4.69) is 5.32 Å². The summed E-state index contributed by atoms with van der Waals surface area (Å²) in [7, 11) is 0. The van der Waals surface area contributed by atoms with Crippen LogP contribution in [-0.4, -0.2) is 13.2 Å². The third-order valence-electron chi connectivity index (χ3n) is 2.37. The first-order valence-corrected chi connectivity index (χ1v) is 4.83. The van der Waals surface area contributed by atoms with Crippen LogP contribution in [-0.2, 0) is 5.41 Å². The molecule has 0 aliphatic carbocycles. The Bertz CT molecular complexity index is 337. The van der Waals surface area contributed by atoms with E-state index in [1.165, 1.54) is 12.1 Å². The zero-order valence-corrected chi connectivity index (χ0v) is 8.98. The zero-order chi connectivity index (χ0) is 11.5. The van der Waals surface area contributed by atoms with Crippen LogP contribution in [0.1, 0.15) is 19.4 Å². The van der Waals surface area contributed by atoms with Gasteiger partial charge in [-0.25, -0.2) is 8.78 Å². The Hall–Kier alpha value is -1.00. The predicted octanol–water partition coefficient (Wildman–Crippen LogP) is 1.75. The van der Waals surface area contributed by atoms with Crippen LogP contribution in [0.25, 0.3) is 0 Å². The number of nitrogens with one attached hydrogen (secondary N) is 1. The second-order valence-electron chi connectivity index (χ2n) is 4.14. The van der Waals surface area contributed by atoms with Gasteiger partial charge in [-0.2, -0.15) is 0 Å². The molecule has 3 N–H and O–H groups in total. The Kier molecular flexibility index (Phi) is 3.77. The van der Waals surface area contributed by atoms with Crippen molar-refractivity contribution in [1.29, 1.82) is 0 Å². The molecule has 0 spiro atoms. The van der Waals surface area contributed by atoms with Gasteiger partial charge in [-0.15, -0.1) is 0 Å². The summed E-state index contributed by atoms with van der Waals surface area (Å²) in [4.78, 5) is 0. The average molecular weight is 214 g/mol. The second kappa shape index (κ2) is 4.68. The highest BCUT2D eigenvalue weighted by Crippen LogP contribution is 2.25. The van der Waals surface area contributed by atoms with E-state index >= 15 is 0 Å². The monoisotopic (exact) mass is 214 g/mol. The molecular formula is C11H16F2N2. The maximum absolute atomic E-state index is 13.5. The Morgan fingerprint density at radius 3 is 2.53 bits per heavy atom. The number of hydrogen-bond donors (Lipinski definition) is 2. The first kappa shape index (κ1) is 12.1. The molecule has 4 heteroatoms. The molecule has 0 saturated carbocycles. The van der Waals surface area contributed by atoms with Gasteiger partial charge >= 0.3 is 0 Å². The van der Waals surface area contributed by atoms with Gasteiger partial charge in [-0.3, -0.25) is 0 Å². The van der Waals surface area contributed by atoms with E-state index in [4.69, 9.17) is 5.73 Å². The molecule has 84 valence electrons. The van der Waals surface area contributed by atoms with Crippen molar-refractivity contribution in [1.82, 2.24) is 5.32 Å². The lowest BCUT2D eigenvalue weighted by Crippen LogP contribution is -2.36. The molecule has 0 aliphatic heterocycles. The quantitative estimate of drug-likeness (QED) is 0.749. The lowest BCUT2D eigenvalue weighted by molar-refractivity contribution is 0.445. The van der Waals surface area contributed by atoms with E-state index in [1.807, 2.05) is 13.8 Å². The van der Waals surface area contributed by atoms with Crippen LogP contribution in [0.5, 0.6) is 0 Å². The highest BCUT2D eigenvalue weighted by Gasteiger charge is 2.23. The smallest absolute Gasteiger partial charge is 0.129 e. The SMILES string of the molecule is CC(C)(CNCN)c1ccc(F)cc1F. The van der Waals surface area contributed by atoms with Crippen LogP contribution in [0.15, 0.2) is 18.2 Å². The van der Waals surface area contributed by atoms with E-state index in [9.17, 15) is 8.78 Å². The average Bonchev–Trinajstić information content (AvgIpc) is 2.14. The molecule has 1 aromatic carbocycles. The molecule has 0 heterocycles. The molecule has 0 unspecified atom stereocenters. The van der Waals surface area contributed by atoms with Crippen molar-refractivity contribution < 1.29 is 8.78 Å². The number of hydrogen-bond acceptors (Lipinski definition) is 2. The van der Waals surface area contributed by atoms with Crippen LogP contribution in [0.2, 0.25) is 0 Å². The molecule has 0 fully saturated rings. The van der Waals surface area contributed by atoms with Crippen molar-refractivity contribution >= 4 is 0 Å². The van der Waals surface area contributed by atoms with E-state index < -0.39 is 17.0 Å². The molecule has 0 aromatic heterocycles. The molecule has 0 radical (unpaired) electrons. The minimum absolute atomic E-state index is 0.340. The Labute approximate surface area is 88.5 Å². The predicted molar refractivity (Wildman–Crippen MR) is 56.4 cm³/mol. The van der Waals surface area contributed by atoms with Crippen molar-refractivity contribution in [3.8, 4) is 0 Å². The first-order chi connectivity index (χ1) is 6.97. The van der Waals surface area contributed by atoms with Crippen LogP contribution in [0.3, 0.4) is 0 Å². The number of nitrogens with two attached hydrogens (primary N) is 1. The summed E-state index contributed by atoms with van der Waals surface area (Å²) in [6, 6.07) is 3.64.